The van der Waals surface area contributed by atoms with E-state index in [1.54, 1.807) is 0 Å². The molecule has 2 aromatic rings. The summed E-state index contributed by atoms with van der Waals surface area (Å²) < 4.78 is 10.9. The van der Waals surface area contributed by atoms with Gasteiger partial charge in [0.15, 0.2) is 5.78 Å². The number of benzene rings is 2. The van der Waals surface area contributed by atoms with Crippen LogP contribution in [0.2, 0.25) is 0 Å². The van der Waals surface area contributed by atoms with Crippen LogP contribution in [0.15, 0.2) is 54.6 Å². The Bertz CT molecular complexity index is 532. The molecule has 0 N–H and O–H groups in total. The van der Waals surface area contributed by atoms with Crippen LogP contribution >= 0.6 is 0 Å². The largest absolute Gasteiger partial charge is 0.494 e. The van der Waals surface area contributed by atoms with E-state index in [0.29, 0.717) is 19.6 Å². The Kier molecular flexibility index (Phi) is 5.18. The molecule has 0 aliphatic heterocycles. The van der Waals surface area contributed by atoms with E-state index in [0.717, 1.165) is 17.1 Å². The van der Waals surface area contributed by atoms with Gasteiger partial charge in [-0.25, -0.2) is 0 Å². The van der Waals surface area contributed by atoms with Gasteiger partial charge >= 0.3 is 0 Å². The summed E-state index contributed by atoms with van der Waals surface area (Å²) in [6.45, 7) is 2.97. The quantitative estimate of drug-likeness (QED) is 0.719. The molecule has 0 spiro atoms. The second-order valence-electron chi connectivity index (χ2n) is 4.29. The van der Waals surface area contributed by atoms with E-state index in [2.05, 4.69) is 0 Å². The minimum Gasteiger partial charge on any atom is -0.494 e. The Morgan fingerprint density at radius 2 is 1.50 bits per heavy atom. The third-order valence-electron chi connectivity index (χ3n) is 2.83. The lowest BCUT2D eigenvalue weighted by Crippen LogP contribution is -2.06. The fourth-order valence-electron chi connectivity index (χ4n) is 1.83. The number of carbonyl (C=O) groups excluding carboxylic acids is 1. The zero-order valence-corrected chi connectivity index (χ0v) is 11.5. The molecule has 0 aliphatic rings. The highest BCUT2D eigenvalue weighted by molar-refractivity contribution is 5.96. The Morgan fingerprint density at radius 3 is 2.10 bits per heavy atom. The van der Waals surface area contributed by atoms with Crippen LogP contribution in [0.3, 0.4) is 0 Å². The molecule has 3 heteroatoms. The van der Waals surface area contributed by atoms with Crippen LogP contribution in [0.25, 0.3) is 0 Å². The Balaban J connectivity index is 1.79. The molecular formula is C17H18O3. The molecule has 0 saturated carbocycles. The van der Waals surface area contributed by atoms with Crippen molar-refractivity contribution < 1.29 is 14.3 Å². The van der Waals surface area contributed by atoms with Crippen LogP contribution in [0.1, 0.15) is 23.7 Å². The highest BCUT2D eigenvalue weighted by Gasteiger charge is 2.05. The molecule has 0 bridgehead atoms. The molecule has 0 heterocycles. The minimum atomic E-state index is 0.0940. The molecule has 0 fully saturated rings. The second kappa shape index (κ2) is 7.34. The van der Waals surface area contributed by atoms with Crippen molar-refractivity contribution in [2.75, 3.05) is 13.2 Å². The van der Waals surface area contributed by atoms with Crippen LogP contribution in [0, 0.1) is 0 Å². The van der Waals surface area contributed by atoms with Crippen molar-refractivity contribution in [1.29, 1.82) is 0 Å². The zero-order chi connectivity index (χ0) is 14.2. The number of hydrogen-bond donors (Lipinski definition) is 0. The second-order valence-corrected chi connectivity index (χ2v) is 4.29. The zero-order valence-electron chi connectivity index (χ0n) is 11.5. The molecule has 0 aromatic heterocycles. The molecular weight excluding hydrogens is 252 g/mol. The first-order valence-corrected chi connectivity index (χ1v) is 6.73. The predicted molar refractivity (Wildman–Crippen MR) is 78.5 cm³/mol. The molecule has 2 aromatic carbocycles. The van der Waals surface area contributed by atoms with E-state index in [4.69, 9.17) is 9.47 Å². The summed E-state index contributed by atoms with van der Waals surface area (Å²) in [6, 6.07) is 16.7. The highest BCUT2D eigenvalue weighted by Crippen LogP contribution is 2.17. The summed E-state index contributed by atoms with van der Waals surface area (Å²) in [5.74, 6) is 1.66. The molecule has 2 rings (SSSR count). The van der Waals surface area contributed by atoms with E-state index in [-0.39, 0.29) is 5.78 Å². The fraction of sp³-hybridized carbons (Fsp3) is 0.235. The lowest BCUT2D eigenvalue weighted by molar-refractivity contribution is 0.0962. The third kappa shape index (κ3) is 4.12. The van der Waals surface area contributed by atoms with Gasteiger partial charge < -0.3 is 9.47 Å². The Morgan fingerprint density at radius 1 is 0.900 bits per heavy atom. The van der Waals surface area contributed by atoms with Crippen LogP contribution < -0.4 is 9.47 Å². The van der Waals surface area contributed by atoms with Gasteiger partial charge in [0.05, 0.1) is 13.2 Å². The van der Waals surface area contributed by atoms with Crippen molar-refractivity contribution in [3.63, 3.8) is 0 Å². The lowest BCUT2D eigenvalue weighted by Gasteiger charge is -2.07. The first-order chi connectivity index (χ1) is 9.79. The monoisotopic (exact) mass is 270 g/mol. The van der Waals surface area contributed by atoms with Gasteiger partial charge in [-0.2, -0.15) is 0 Å². The molecule has 0 unspecified atom stereocenters. The Labute approximate surface area is 119 Å². The standard InChI is InChI=1S/C17H18O3/c1-2-19-15-8-10-16(11-9-15)20-13-12-17(18)14-6-4-3-5-7-14/h3-11H,2,12-13H2,1H3. The smallest absolute Gasteiger partial charge is 0.166 e. The van der Waals surface area contributed by atoms with Crippen molar-refractivity contribution in [3.05, 3.63) is 60.2 Å². The average molecular weight is 270 g/mol. The number of ether oxygens (including phenoxy) is 2. The van der Waals surface area contributed by atoms with Gasteiger partial charge in [-0.1, -0.05) is 30.3 Å². The van der Waals surface area contributed by atoms with Gasteiger partial charge in [-0.3, -0.25) is 4.79 Å². The van der Waals surface area contributed by atoms with Crippen molar-refractivity contribution in [2.24, 2.45) is 0 Å². The van der Waals surface area contributed by atoms with Crippen molar-refractivity contribution in [2.45, 2.75) is 13.3 Å². The van der Waals surface area contributed by atoms with Gasteiger partial charge in [0.1, 0.15) is 11.5 Å². The molecule has 0 atom stereocenters. The van der Waals surface area contributed by atoms with Crippen molar-refractivity contribution >= 4 is 5.78 Å². The van der Waals surface area contributed by atoms with Crippen LogP contribution in [0.4, 0.5) is 0 Å². The van der Waals surface area contributed by atoms with Crippen LogP contribution in [-0.4, -0.2) is 19.0 Å². The van der Waals surface area contributed by atoms with Gasteiger partial charge in [-0.15, -0.1) is 0 Å². The van der Waals surface area contributed by atoms with Gasteiger partial charge in [-0.05, 0) is 31.2 Å². The van der Waals surface area contributed by atoms with Crippen LogP contribution in [0.5, 0.6) is 11.5 Å². The minimum absolute atomic E-state index is 0.0940. The normalized spacial score (nSPS) is 10.1. The molecule has 20 heavy (non-hydrogen) atoms. The summed E-state index contributed by atoms with van der Waals surface area (Å²) in [5.41, 5.74) is 0.725. The third-order valence-corrected chi connectivity index (χ3v) is 2.83. The number of carbonyl (C=O) groups is 1. The fourth-order valence-corrected chi connectivity index (χ4v) is 1.83. The highest BCUT2D eigenvalue weighted by atomic mass is 16.5. The predicted octanol–water partition coefficient (Wildman–Crippen LogP) is 3.74. The SMILES string of the molecule is CCOc1ccc(OCCC(=O)c2ccccc2)cc1. The summed E-state index contributed by atoms with van der Waals surface area (Å²) >= 11 is 0. The van der Waals surface area contributed by atoms with E-state index >= 15 is 0 Å². The number of hydrogen-bond acceptors (Lipinski definition) is 3. The maximum Gasteiger partial charge on any atom is 0.166 e. The number of ketones is 1. The molecule has 0 radical (unpaired) electrons. The average Bonchev–Trinajstić information content (AvgIpc) is 2.50. The summed E-state index contributed by atoms with van der Waals surface area (Å²) in [4.78, 5) is 11.9. The van der Waals surface area contributed by atoms with Gasteiger partial charge in [0.2, 0.25) is 0 Å². The van der Waals surface area contributed by atoms with Crippen molar-refractivity contribution in [1.82, 2.24) is 0 Å². The molecule has 0 saturated heterocycles. The van der Waals surface area contributed by atoms with E-state index < -0.39 is 0 Å². The van der Waals surface area contributed by atoms with Crippen molar-refractivity contribution in [3.8, 4) is 11.5 Å². The van der Waals surface area contributed by atoms with E-state index in [1.807, 2.05) is 61.5 Å². The van der Waals surface area contributed by atoms with Crippen LogP contribution in [-0.2, 0) is 0 Å². The van der Waals surface area contributed by atoms with E-state index in [9.17, 15) is 4.79 Å². The summed E-state index contributed by atoms with van der Waals surface area (Å²) in [5, 5.41) is 0. The summed E-state index contributed by atoms with van der Waals surface area (Å²) in [6.07, 6.45) is 0.372. The Hall–Kier alpha value is -2.29. The van der Waals surface area contributed by atoms with Gasteiger partial charge in [0.25, 0.3) is 0 Å². The molecule has 0 amide bonds. The molecule has 104 valence electrons. The molecule has 0 aliphatic carbocycles. The topological polar surface area (TPSA) is 35.5 Å². The first kappa shape index (κ1) is 14.1. The summed E-state index contributed by atoms with van der Waals surface area (Å²) in [7, 11) is 0. The lowest BCUT2D eigenvalue weighted by atomic mass is 10.1. The maximum absolute atomic E-state index is 11.9. The molecule has 3 nitrogen and oxygen atoms in total. The number of rotatable bonds is 7. The number of Topliss-reactive ketones (excluding diaryl/α,β-unsaturated/α-hetero) is 1. The first-order valence-electron chi connectivity index (χ1n) is 6.73. The maximum atomic E-state index is 11.9. The van der Waals surface area contributed by atoms with Gasteiger partial charge in [0, 0.05) is 12.0 Å². The van der Waals surface area contributed by atoms with E-state index in [1.165, 1.54) is 0 Å².